The molecule has 17 heavy (non-hydrogen) atoms. The molecule has 1 saturated heterocycles. The number of hydrogen-bond donors (Lipinski definition) is 1. The van der Waals surface area contributed by atoms with Crippen molar-refractivity contribution in [1.29, 1.82) is 0 Å². The van der Waals surface area contributed by atoms with Crippen LogP contribution in [0.3, 0.4) is 0 Å². The minimum Gasteiger partial charge on any atom is -0.444 e. The summed E-state index contributed by atoms with van der Waals surface area (Å²) in [6.07, 6.45) is 1.48. The van der Waals surface area contributed by atoms with E-state index in [-0.39, 0.29) is 11.6 Å². The van der Waals surface area contributed by atoms with E-state index < -0.39 is 5.60 Å². The van der Waals surface area contributed by atoms with Crippen LogP contribution < -0.4 is 5.73 Å². The van der Waals surface area contributed by atoms with E-state index in [1.165, 1.54) is 0 Å². The Kier molecular flexibility index (Phi) is 4.07. The Balaban J connectivity index is 2.50. The lowest BCUT2D eigenvalue weighted by Crippen LogP contribution is -2.55. The van der Waals surface area contributed by atoms with Gasteiger partial charge in [0.25, 0.3) is 0 Å². The van der Waals surface area contributed by atoms with Crippen LogP contribution in [0.15, 0.2) is 0 Å². The van der Waals surface area contributed by atoms with Crippen LogP contribution in [0.25, 0.3) is 0 Å². The summed E-state index contributed by atoms with van der Waals surface area (Å²) >= 11 is 0. The van der Waals surface area contributed by atoms with Gasteiger partial charge >= 0.3 is 6.09 Å². The van der Waals surface area contributed by atoms with Gasteiger partial charge < -0.3 is 15.4 Å². The van der Waals surface area contributed by atoms with E-state index in [0.717, 1.165) is 12.8 Å². The summed E-state index contributed by atoms with van der Waals surface area (Å²) in [4.78, 5) is 13.6. The van der Waals surface area contributed by atoms with Gasteiger partial charge in [0.15, 0.2) is 0 Å². The van der Waals surface area contributed by atoms with E-state index in [9.17, 15) is 4.79 Å². The van der Waals surface area contributed by atoms with Crippen molar-refractivity contribution in [3.05, 3.63) is 0 Å². The van der Waals surface area contributed by atoms with Gasteiger partial charge in [-0.15, -0.1) is 0 Å². The van der Waals surface area contributed by atoms with E-state index in [0.29, 0.717) is 19.0 Å². The number of ether oxygens (including phenoxy) is 1. The molecule has 0 radical (unpaired) electrons. The molecular formula is C13H26N2O2. The maximum atomic E-state index is 11.9. The lowest BCUT2D eigenvalue weighted by molar-refractivity contribution is 0.0143. The largest absolute Gasteiger partial charge is 0.444 e. The van der Waals surface area contributed by atoms with Gasteiger partial charge in [-0.25, -0.2) is 4.79 Å². The molecule has 4 heteroatoms. The Bertz CT molecular complexity index is 274. The van der Waals surface area contributed by atoms with E-state index in [4.69, 9.17) is 10.5 Å². The van der Waals surface area contributed by atoms with Crippen molar-refractivity contribution in [3.63, 3.8) is 0 Å². The Morgan fingerprint density at radius 2 is 1.76 bits per heavy atom. The molecule has 100 valence electrons. The minimum atomic E-state index is -0.424. The fraction of sp³-hybridized carbons (Fsp3) is 0.923. The molecule has 1 heterocycles. The Hall–Kier alpha value is -0.770. The van der Waals surface area contributed by atoms with Crippen LogP contribution >= 0.6 is 0 Å². The number of nitrogens with two attached hydrogens (primary N) is 1. The average molecular weight is 242 g/mol. The number of nitrogens with zero attached hydrogens (tertiary/aromatic N) is 1. The third-order valence-corrected chi connectivity index (χ3v) is 3.50. The van der Waals surface area contributed by atoms with Gasteiger partial charge in [-0.1, -0.05) is 13.8 Å². The predicted octanol–water partition coefficient (Wildman–Crippen LogP) is 2.37. The first-order valence-electron chi connectivity index (χ1n) is 6.41. The molecular weight excluding hydrogens is 216 g/mol. The summed E-state index contributed by atoms with van der Waals surface area (Å²) < 4.78 is 5.35. The highest BCUT2D eigenvalue weighted by Gasteiger charge is 2.36. The van der Waals surface area contributed by atoms with E-state index in [2.05, 4.69) is 13.8 Å². The van der Waals surface area contributed by atoms with Crippen LogP contribution in [0.4, 0.5) is 4.79 Å². The van der Waals surface area contributed by atoms with Gasteiger partial charge in [-0.3, -0.25) is 0 Å². The first-order valence-corrected chi connectivity index (χ1v) is 6.41. The van der Waals surface area contributed by atoms with Crippen LogP contribution in [-0.2, 0) is 4.74 Å². The maximum absolute atomic E-state index is 11.9. The smallest absolute Gasteiger partial charge is 0.410 e. The molecule has 1 fully saturated rings. The Labute approximate surface area is 104 Å². The van der Waals surface area contributed by atoms with Crippen molar-refractivity contribution < 1.29 is 9.53 Å². The number of hydrogen-bond acceptors (Lipinski definition) is 3. The molecule has 0 saturated carbocycles. The molecule has 0 atom stereocenters. The molecule has 0 bridgehead atoms. The summed E-state index contributed by atoms with van der Waals surface area (Å²) in [6.45, 7) is 11.3. The summed E-state index contributed by atoms with van der Waals surface area (Å²) in [5, 5.41) is 0. The molecule has 0 spiro atoms. The fourth-order valence-corrected chi connectivity index (χ4v) is 2.01. The summed E-state index contributed by atoms with van der Waals surface area (Å²) in [6, 6.07) is 0. The summed E-state index contributed by atoms with van der Waals surface area (Å²) in [5.41, 5.74) is 5.76. The van der Waals surface area contributed by atoms with E-state index in [1.54, 1.807) is 4.90 Å². The van der Waals surface area contributed by atoms with E-state index in [1.807, 2.05) is 20.8 Å². The zero-order valence-corrected chi connectivity index (χ0v) is 11.7. The molecule has 1 rings (SSSR count). The normalized spacial score (nSPS) is 20.5. The lowest BCUT2D eigenvalue weighted by atomic mass is 9.79. The highest BCUT2D eigenvalue weighted by atomic mass is 16.6. The van der Waals surface area contributed by atoms with Crippen molar-refractivity contribution >= 4 is 6.09 Å². The Morgan fingerprint density at radius 1 is 1.29 bits per heavy atom. The quantitative estimate of drug-likeness (QED) is 0.768. The number of rotatable bonds is 1. The third-order valence-electron chi connectivity index (χ3n) is 3.50. The number of piperidine rings is 1. The monoisotopic (exact) mass is 242 g/mol. The van der Waals surface area contributed by atoms with Gasteiger partial charge in [0.1, 0.15) is 5.60 Å². The maximum Gasteiger partial charge on any atom is 0.410 e. The molecule has 0 aromatic rings. The standard InChI is InChI=1S/C13H26N2O2/c1-10(2)13(14)6-8-15(9-7-13)11(16)17-12(3,4)5/h10H,6-9,14H2,1-5H3. The molecule has 1 aliphatic heterocycles. The van der Waals surface area contributed by atoms with Gasteiger partial charge in [0.2, 0.25) is 0 Å². The van der Waals surface area contributed by atoms with Crippen LogP contribution in [-0.4, -0.2) is 35.2 Å². The minimum absolute atomic E-state index is 0.126. The van der Waals surface area contributed by atoms with Crippen molar-refractivity contribution in [3.8, 4) is 0 Å². The van der Waals surface area contributed by atoms with Crippen molar-refractivity contribution in [1.82, 2.24) is 4.90 Å². The second kappa shape index (κ2) is 4.84. The molecule has 1 aliphatic rings. The predicted molar refractivity (Wildman–Crippen MR) is 68.8 cm³/mol. The van der Waals surface area contributed by atoms with Gasteiger partial charge in [-0.05, 0) is 39.5 Å². The SMILES string of the molecule is CC(C)C1(N)CCN(C(=O)OC(C)(C)C)CC1. The summed E-state index contributed by atoms with van der Waals surface area (Å²) in [7, 11) is 0. The molecule has 0 unspecified atom stereocenters. The average Bonchev–Trinajstić information content (AvgIpc) is 2.15. The zero-order valence-electron chi connectivity index (χ0n) is 11.7. The first-order chi connectivity index (χ1) is 7.64. The molecule has 4 nitrogen and oxygen atoms in total. The van der Waals surface area contributed by atoms with Gasteiger partial charge in [-0.2, -0.15) is 0 Å². The number of carbonyl (C=O) groups is 1. The molecule has 0 aromatic carbocycles. The van der Waals surface area contributed by atoms with Crippen LogP contribution in [0.5, 0.6) is 0 Å². The highest BCUT2D eigenvalue weighted by Crippen LogP contribution is 2.27. The third kappa shape index (κ3) is 3.87. The molecule has 1 amide bonds. The van der Waals surface area contributed by atoms with Gasteiger partial charge in [0.05, 0.1) is 0 Å². The highest BCUT2D eigenvalue weighted by molar-refractivity contribution is 5.68. The molecule has 2 N–H and O–H groups in total. The van der Waals surface area contributed by atoms with Crippen LogP contribution in [0.2, 0.25) is 0 Å². The first kappa shape index (κ1) is 14.3. The second-order valence-electron chi connectivity index (χ2n) is 6.36. The van der Waals surface area contributed by atoms with Crippen molar-refractivity contribution in [2.75, 3.05) is 13.1 Å². The molecule has 0 aromatic heterocycles. The van der Waals surface area contributed by atoms with Crippen LogP contribution in [0.1, 0.15) is 47.5 Å². The number of amides is 1. The van der Waals surface area contributed by atoms with Gasteiger partial charge in [0, 0.05) is 18.6 Å². The zero-order chi connectivity index (χ0) is 13.3. The Morgan fingerprint density at radius 3 is 2.12 bits per heavy atom. The fourth-order valence-electron chi connectivity index (χ4n) is 2.01. The van der Waals surface area contributed by atoms with Crippen molar-refractivity contribution in [2.45, 2.75) is 58.6 Å². The second-order valence-corrected chi connectivity index (χ2v) is 6.36. The van der Waals surface area contributed by atoms with E-state index >= 15 is 0 Å². The summed E-state index contributed by atoms with van der Waals surface area (Å²) in [5.74, 6) is 0.447. The molecule has 0 aliphatic carbocycles. The van der Waals surface area contributed by atoms with Crippen molar-refractivity contribution in [2.24, 2.45) is 11.7 Å². The number of carbonyl (C=O) groups excluding carboxylic acids is 1. The van der Waals surface area contributed by atoms with Crippen LogP contribution in [0, 0.1) is 5.92 Å². The number of likely N-dealkylation sites (tertiary alicyclic amines) is 1. The topological polar surface area (TPSA) is 55.6 Å². The lowest BCUT2D eigenvalue weighted by Gasteiger charge is -2.42.